The molecule has 2 aliphatic rings. The maximum absolute atomic E-state index is 12.5. The third-order valence-electron chi connectivity index (χ3n) is 4.62. The molecule has 3 nitrogen and oxygen atoms in total. The number of fused-ring (bicyclic) bond motifs is 1. The molecule has 3 atom stereocenters. The van der Waals surface area contributed by atoms with Crippen LogP contribution in [0.5, 0.6) is 0 Å². The summed E-state index contributed by atoms with van der Waals surface area (Å²) in [5.74, 6) is 1.85. The normalized spacial score (nSPS) is 28.1. The second-order valence-corrected chi connectivity index (χ2v) is 7.33. The van der Waals surface area contributed by atoms with Gasteiger partial charge in [0, 0.05) is 10.9 Å². The molecule has 0 bridgehead atoms. The Balaban J connectivity index is 1.64. The number of anilines is 1. The van der Waals surface area contributed by atoms with Crippen molar-refractivity contribution in [3.63, 3.8) is 0 Å². The fourth-order valence-corrected chi connectivity index (χ4v) is 4.35. The fourth-order valence-electron chi connectivity index (χ4n) is 3.59. The summed E-state index contributed by atoms with van der Waals surface area (Å²) in [5, 5.41) is 6.67. The number of rotatable bonds is 4. The first-order valence-electron chi connectivity index (χ1n) is 8.06. The lowest BCUT2D eigenvalue weighted by atomic mass is 9.85. The highest BCUT2D eigenvalue weighted by atomic mass is 32.2. The Labute approximate surface area is 131 Å². The Hall–Kier alpha value is -1.00. The minimum Gasteiger partial charge on any atom is -0.324 e. The molecule has 1 aromatic rings. The largest absolute Gasteiger partial charge is 0.324 e. The van der Waals surface area contributed by atoms with Gasteiger partial charge in [0.05, 0.1) is 11.7 Å². The smallest absolute Gasteiger partial charge is 0.241 e. The summed E-state index contributed by atoms with van der Waals surface area (Å²) in [6, 6.07) is 8.63. The van der Waals surface area contributed by atoms with Gasteiger partial charge in [-0.15, -0.1) is 11.8 Å². The lowest BCUT2D eigenvalue weighted by Gasteiger charge is -2.24. The maximum atomic E-state index is 12.5. The summed E-state index contributed by atoms with van der Waals surface area (Å²) < 4.78 is 0. The van der Waals surface area contributed by atoms with Crippen LogP contribution in [0, 0.1) is 5.92 Å². The molecule has 0 radical (unpaired) electrons. The van der Waals surface area contributed by atoms with Gasteiger partial charge in [0.25, 0.3) is 0 Å². The predicted octanol–water partition coefficient (Wildman–Crippen LogP) is 3.66. The summed E-state index contributed by atoms with van der Waals surface area (Å²) in [6.45, 7) is 2.13. The van der Waals surface area contributed by atoms with Gasteiger partial charge in [-0.05, 0) is 43.1 Å². The Kier molecular flexibility index (Phi) is 4.86. The van der Waals surface area contributed by atoms with Crippen LogP contribution in [0.4, 0.5) is 5.69 Å². The highest BCUT2D eigenvalue weighted by Gasteiger charge is 2.38. The molecule has 1 saturated carbocycles. The molecule has 1 saturated heterocycles. The van der Waals surface area contributed by atoms with Crippen LogP contribution < -0.4 is 10.6 Å². The van der Waals surface area contributed by atoms with Gasteiger partial charge in [0.2, 0.25) is 5.91 Å². The molecule has 1 aliphatic carbocycles. The van der Waals surface area contributed by atoms with Crippen LogP contribution >= 0.6 is 11.8 Å². The lowest BCUT2D eigenvalue weighted by Crippen LogP contribution is -2.39. The number of thioether (sulfide) groups is 1. The van der Waals surface area contributed by atoms with E-state index in [0.717, 1.165) is 22.8 Å². The van der Waals surface area contributed by atoms with Crippen molar-refractivity contribution in [1.29, 1.82) is 0 Å². The molecule has 2 fully saturated rings. The van der Waals surface area contributed by atoms with E-state index in [1.807, 2.05) is 18.2 Å². The second-order valence-electron chi connectivity index (χ2n) is 6.02. The summed E-state index contributed by atoms with van der Waals surface area (Å²) in [4.78, 5) is 13.7. The van der Waals surface area contributed by atoms with Gasteiger partial charge in [-0.1, -0.05) is 31.9 Å². The summed E-state index contributed by atoms with van der Waals surface area (Å²) >= 11 is 1.77. The first-order chi connectivity index (χ1) is 10.3. The van der Waals surface area contributed by atoms with E-state index in [0.29, 0.717) is 12.0 Å². The molecule has 21 heavy (non-hydrogen) atoms. The zero-order chi connectivity index (χ0) is 14.7. The molecular weight excluding hydrogens is 280 g/mol. The average Bonchev–Trinajstić information content (AvgIpc) is 2.93. The monoisotopic (exact) mass is 304 g/mol. The Morgan fingerprint density at radius 2 is 2.14 bits per heavy atom. The van der Waals surface area contributed by atoms with Gasteiger partial charge in [-0.25, -0.2) is 0 Å². The van der Waals surface area contributed by atoms with Gasteiger partial charge in [-0.2, -0.15) is 0 Å². The van der Waals surface area contributed by atoms with E-state index in [1.54, 1.807) is 11.8 Å². The quantitative estimate of drug-likeness (QED) is 0.834. The molecule has 4 heteroatoms. The summed E-state index contributed by atoms with van der Waals surface area (Å²) in [7, 11) is 0. The number of nitrogens with one attached hydrogen (secondary N) is 2. The highest BCUT2D eigenvalue weighted by Crippen LogP contribution is 2.34. The minimum absolute atomic E-state index is 0.0159. The minimum atomic E-state index is -0.0159. The van der Waals surface area contributed by atoms with E-state index in [4.69, 9.17) is 0 Å². The van der Waals surface area contributed by atoms with Crippen molar-refractivity contribution >= 4 is 23.4 Å². The van der Waals surface area contributed by atoms with Crippen LogP contribution in [0.1, 0.15) is 39.0 Å². The highest BCUT2D eigenvalue weighted by molar-refractivity contribution is 7.99. The van der Waals surface area contributed by atoms with Gasteiger partial charge < -0.3 is 10.6 Å². The fraction of sp³-hybridized carbons (Fsp3) is 0.588. The second kappa shape index (κ2) is 6.84. The molecule has 3 unspecified atom stereocenters. The summed E-state index contributed by atoms with van der Waals surface area (Å²) in [5.41, 5.74) is 0.950. The van der Waals surface area contributed by atoms with Gasteiger partial charge >= 0.3 is 0 Å². The zero-order valence-corrected chi connectivity index (χ0v) is 13.4. The molecule has 2 N–H and O–H groups in total. The van der Waals surface area contributed by atoms with Crippen LogP contribution in [0.15, 0.2) is 29.2 Å². The predicted molar refractivity (Wildman–Crippen MR) is 88.8 cm³/mol. The molecular formula is C17H24N2OS. The van der Waals surface area contributed by atoms with Crippen molar-refractivity contribution in [1.82, 2.24) is 5.32 Å². The van der Waals surface area contributed by atoms with Crippen molar-refractivity contribution < 1.29 is 4.79 Å². The van der Waals surface area contributed by atoms with Crippen LogP contribution in [-0.4, -0.2) is 23.7 Å². The molecule has 0 spiro atoms. The van der Waals surface area contributed by atoms with Crippen LogP contribution in [0.2, 0.25) is 0 Å². The standard InChI is InChI=1S/C17H24N2OS/c1-2-21-16-10-6-5-9-14(16)19-17(20)15-11-12-7-3-4-8-13(12)18-15/h5-6,9-10,12-13,15,18H,2-4,7-8,11H2,1H3,(H,19,20). The molecule has 3 rings (SSSR count). The third kappa shape index (κ3) is 3.43. The average molecular weight is 304 g/mol. The Morgan fingerprint density at radius 1 is 1.33 bits per heavy atom. The zero-order valence-electron chi connectivity index (χ0n) is 12.6. The molecule has 0 aromatic heterocycles. The molecule has 1 amide bonds. The number of carbonyl (C=O) groups is 1. The Morgan fingerprint density at radius 3 is 2.95 bits per heavy atom. The van der Waals surface area contributed by atoms with E-state index in [1.165, 1.54) is 25.7 Å². The van der Waals surface area contributed by atoms with Gasteiger partial charge in [0.15, 0.2) is 0 Å². The van der Waals surface area contributed by atoms with Gasteiger partial charge in [-0.3, -0.25) is 4.79 Å². The van der Waals surface area contributed by atoms with E-state index < -0.39 is 0 Å². The Bertz CT molecular complexity index is 491. The van der Waals surface area contributed by atoms with Crippen molar-refractivity contribution in [2.45, 2.75) is 56.0 Å². The molecule has 1 aliphatic heterocycles. The maximum Gasteiger partial charge on any atom is 0.241 e. The number of amides is 1. The third-order valence-corrected chi connectivity index (χ3v) is 5.58. The first-order valence-corrected chi connectivity index (χ1v) is 9.05. The van der Waals surface area contributed by atoms with Crippen LogP contribution in [0.3, 0.4) is 0 Å². The topological polar surface area (TPSA) is 41.1 Å². The van der Waals surface area contributed by atoms with Crippen molar-refractivity contribution in [2.75, 3.05) is 11.1 Å². The van der Waals surface area contributed by atoms with Crippen molar-refractivity contribution in [2.24, 2.45) is 5.92 Å². The molecule has 1 heterocycles. The van der Waals surface area contributed by atoms with E-state index in [2.05, 4.69) is 23.6 Å². The SMILES string of the molecule is CCSc1ccccc1NC(=O)C1CC2CCCCC2N1. The number of benzene rings is 1. The number of para-hydroxylation sites is 1. The lowest BCUT2D eigenvalue weighted by molar-refractivity contribution is -0.117. The number of hydrogen-bond acceptors (Lipinski definition) is 3. The van der Waals surface area contributed by atoms with Crippen molar-refractivity contribution in [3.05, 3.63) is 24.3 Å². The first kappa shape index (κ1) is 14.9. The van der Waals surface area contributed by atoms with Gasteiger partial charge in [0.1, 0.15) is 0 Å². The summed E-state index contributed by atoms with van der Waals surface area (Å²) in [6.07, 6.45) is 6.14. The number of carbonyl (C=O) groups excluding carboxylic acids is 1. The number of hydrogen-bond donors (Lipinski definition) is 2. The van der Waals surface area contributed by atoms with E-state index in [-0.39, 0.29) is 11.9 Å². The van der Waals surface area contributed by atoms with Crippen LogP contribution in [0.25, 0.3) is 0 Å². The van der Waals surface area contributed by atoms with E-state index >= 15 is 0 Å². The van der Waals surface area contributed by atoms with E-state index in [9.17, 15) is 4.79 Å². The van der Waals surface area contributed by atoms with Crippen molar-refractivity contribution in [3.8, 4) is 0 Å². The molecule has 114 valence electrons. The molecule has 1 aromatic carbocycles. The van der Waals surface area contributed by atoms with Crippen LogP contribution in [-0.2, 0) is 4.79 Å².